The van der Waals surface area contributed by atoms with Crippen molar-refractivity contribution >= 4 is 23.9 Å². The second-order valence-electron chi connectivity index (χ2n) is 11.1. The molecule has 1 unspecified atom stereocenters. The lowest BCUT2D eigenvalue weighted by Crippen LogP contribution is -2.59. The number of carbonyl (C=O) groups excluding carboxylic acids is 4. The first kappa shape index (κ1) is 28.9. The molecule has 0 radical (unpaired) electrons. The number of fused-ring (bicyclic) bond motifs is 1. The fourth-order valence-corrected chi connectivity index (χ4v) is 6.83. The number of likely N-dealkylation sites (N-methyl/N-ethyl adjacent to an activating group) is 1. The lowest BCUT2D eigenvalue weighted by Gasteiger charge is -2.58. The molecule has 1 aromatic rings. The summed E-state index contributed by atoms with van der Waals surface area (Å²) in [6.45, 7) is 3.68. The maximum absolute atomic E-state index is 12.5. The van der Waals surface area contributed by atoms with Gasteiger partial charge in [-0.2, -0.15) is 0 Å². The number of carbonyl (C=O) groups is 4. The van der Waals surface area contributed by atoms with E-state index in [0.29, 0.717) is 43.5 Å². The number of hydrogen-bond acceptors (Lipinski definition) is 8. The molecule has 0 spiro atoms. The van der Waals surface area contributed by atoms with Crippen molar-refractivity contribution in [2.24, 2.45) is 5.92 Å². The number of unbranched alkanes of at least 4 members (excludes halogenated alkanes) is 1. The Morgan fingerprint density at radius 2 is 1.90 bits per heavy atom. The van der Waals surface area contributed by atoms with Crippen molar-refractivity contribution in [3.8, 4) is 5.75 Å². The largest absolute Gasteiger partial charge is 0.516 e. The van der Waals surface area contributed by atoms with Gasteiger partial charge in [-0.15, -0.1) is 0 Å². The molecular weight excluding hydrogens is 502 g/mol. The Kier molecular flexibility index (Phi) is 9.48. The molecule has 4 atom stereocenters. The molecule has 1 heterocycles. The lowest BCUT2D eigenvalue weighted by molar-refractivity contribution is -0.156. The van der Waals surface area contributed by atoms with Gasteiger partial charge in [0.05, 0.1) is 0 Å². The van der Waals surface area contributed by atoms with Gasteiger partial charge >= 0.3 is 12.1 Å². The maximum Gasteiger partial charge on any atom is 0.516 e. The third-order valence-corrected chi connectivity index (χ3v) is 8.62. The molecule has 1 saturated heterocycles. The first-order valence-corrected chi connectivity index (χ1v) is 14.1. The number of nitrogens with zero attached hydrogens (tertiary/aromatic N) is 1. The van der Waals surface area contributed by atoms with Crippen molar-refractivity contribution in [3.63, 3.8) is 0 Å². The van der Waals surface area contributed by atoms with Crippen LogP contribution in [0.2, 0.25) is 0 Å². The quantitative estimate of drug-likeness (QED) is 0.200. The molecule has 214 valence electrons. The predicted molar refractivity (Wildman–Crippen MR) is 143 cm³/mol. The minimum atomic E-state index is -0.955. The first-order valence-electron chi connectivity index (χ1n) is 14.1. The molecule has 1 saturated carbocycles. The third kappa shape index (κ3) is 6.90. The molecular formula is C29H41N3O7. The molecule has 2 bridgehead atoms. The summed E-state index contributed by atoms with van der Waals surface area (Å²) in [5.41, 5.74) is 2.79. The Morgan fingerprint density at radius 1 is 1.08 bits per heavy atom. The Bertz CT molecular complexity index is 1080. The van der Waals surface area contributed by atoms with Crippen molar-refractivity contribution in [1.82, 2.24) is 15.5 Å². The summed E-state index contributed by atoms with van der Waals surface area (Å²) in [7, 11) is 2.24. The van der Waals surface area contributed by atoms with Gasteiger partial charge in [0.2, 0.25) is 18.6 Å². The fraction of sp³-hybridized carbons (Fsp3) is 0.655. The van der Waals surface area contributed by atoms with Crippen molar-refractivity contribution < 1.29 is 33.4 Å². The normalized spacial score (nSPS) is 24.4. The molecule has 3 aliphatic rings. The van der Waals surface area contributed by atoms with Crippen LogP contribution in [-0.2, 0) is 35.7 Å². The van der Waals surface area contributed by atoms with Gasteiger partial charge in [0.1, 0.15) is 11.8 Å². The van der Waals surface area contributed by atoms with E-state index in [1.807, 2.05) is 6.07 Å². The standard InChI is InChI=1S/C29H41N3O7/c1-19(33)30-14-7-5-9-25(31-20(2)34)27(35)37-18-38-28(36)39-22-11-10-21-16-26-23-8-4-6-12-29(23,24(21)17-22)13-15-32(26)3/h10-11,17,23,25-26H,4-9,12-16,18H2,1-3H3,(H,30,33)(H,31,34)/t23-,25?,26+,29+/m0/s1. The van der Waals surface area contributed by atoms with Crippen LogP contribution >= 0.6 is 0 Å². The number of amides is 2. The summed E-state index contributed by atoms with van der Waals surface area (Å²) in [5.74, 6) is -0.147. The monoisotopic (exact) mass is 543 g/mol. The van der Waals surface area contributed by atoms with Crippen LogP contribution in [0, 0.1) is 5.92 Å². The second kappa shape index (κ2) is 12.8. The van der Waals surface area contributed by atoms with Crippen molar-refractivity contribution in [1.29, 1.82) is 0 Å². The summed E-state index contributed by atoms with van der Waals surface area (Å²) in [5, 5.41) is 5.24. The minimum Gasteiger partial charge on any atom is -0.426 e. The van der Waals surface area contributed by atoms with E-state index in [-0.39, 0.29) is 17.2 Å². The maximum atomic E-state index is 12.5. The molecule has 0 aromatic heterocycles. The van der Waals surface area contributed by atoms with Crippen molar-refractivity contribution in [3.05, 3.63) is 29.3 Å². The Morgan fingerprint density at radius 3 is 2.67 bits per heavy atom. The second-order valence-corrected chi connectivity index (χ2v) is 11.1. The van der Waals surface area contributed by atoms with E-state index in [2.05, 4.69) is 28.6 Å². The number of rotatable bonds is 10. The summed E-state index contributed by atoms with van der Waals surface area (Å²) in [4.78, 5) is 49.9. The van der Waals surface area contributed by atoms with Crippen LogP contribution in [0.3, 0.4) is 0 Å². The van der Waals surface area contributed by atoms with Gasteiger partial charge in [-0.3, -0.25) is 9.59 Å². The van der Waals surface area contributed by atoms with Gasteiger partial charge in [0.25, 0.3) is 0 Å². The zero-order valence-corrected chi connectivity index (χ0v) is 23.3. The summed E-state index contributed by atoms with van der Waals surface area (Å²) in [6.07, 6.45) is 7.63. The molecule has 1 aliphatic heterocycles. The van der Waals surface area contributed by atoms with E-state index in [1.165, 1.54) is 50.7 Å². The van der Waals surface area contributed by atoms with Gasteiger partial charge in [0.15, 0.2) is 0 Å². The van der Waals surface area contributed by atoms with Crippen LogP contribution in [0.5, 0.6) is 5.75 Å². The van der Waals surface area contributed by atoms with Gasteiger partial charge < -0.3 is 29.7 Å². The lowest BCUT2D eigenvalue weighted by atomic mass is 9.52. The molecule has 2 aliphatic carbocycles. The highest BCUT2D eigenvalue weighted by atomic mass is 16.8. The zero-order valence-electron chi connectivity index (χ0n) is 23.3. The van der Waals surface area contributed by atoms with Crippen LogP contribution in [0.4, 0.5) is 4.79 Å². The highest BCUT2D eigenvalue weighted by Crippen LogP contribution is 2.55. The van der Waals surface area contributed by atoms with E-state index in [1.54, 1.807) is 6.07 Å². The molecule has 1 aromatic carbocycles. The number of ether oxygens (including phenoxy) is 3. The molecule has 2 fully saturated rings. The number of nitrogens with one attached hydrogen (secondary N) is 2. The molecule has 4 rings (SSSR count). The number of piperidine rings is 1. The Hall–Kier alpha value is -3.14. The van der Waals surface area contributed by atoms with Gasteiger partial charge in [0, 0.05) is 31.8 Å². The Labute approximate surface area is 230 Å². The topological polar surface area (TPSA) is 123 Å². The third-order valence-electron chi connectivity index (χ3n) is 8.62. The Balaban J connectivity index is 1.30. The average Bonchev–Trinajstić information content (AvgIpc) is 2.89. The van der Waals surface area contributed by atoms with Gasteiger partial charge in [-0.1, -0.05) is 18.9 Å². The number of likely N-dealkylation sites (tertiary alicyclic amines) is 1. The molecule has 10 nitrogen and oxygen atoms in total. The van der Waals surface area contributed by atoms with Crippen LogP contribution < -0.4 is 15.4 Å². The average molecular weight is 544 g/mol. The van der Waals surface area contributed by atoms with E-state index in [0.717, 1.165) is 19.4 Å². The van der Waals surface area contributed by atoms with E-state index < -0.39 is 25.0 Å². The van der Waals surface area contributed by atoms with Crippen LogP contribution in [0.15, 0.2) is 18.2 Å². The van der Waals surface area contributed by atoms with E-state index >= 15 is 0 Å². The summed E-state index contributed by atoms with van der Waals surface area (Å²) in [6, 6.07) is 5.57. The van der Waals surface area contributed by atoms with Gasteiger partial charge in [-0.05, 0) is 87.7 Å². The minimum absolute atomic E-state index is 0.124. The molecule has 39 heavy (non-hydrogen) atoms. The number of esters is 1. The van der Waals surface area contributed by atoms with Gasteiger partial charge in [-0.25, -0.2) is 9.59 Å². The van der Waals surface area contributed by atoms with E-state index in [9.17, 15) is 19.2 Å². The van der Waals surface area contributed by atoms with Crippen molar-refractivity contribution in [2.75, 3.05) is 26.9 Å². The highest BCUT2D eigenvalue weighted by Gasteiger charge is 2.53. The number of benzene rings is 1. The fourth-order valence-electron chi connectivity index (χ4n) is 6.83. The van der Waals surface area contributed by atoms with E-state index in [4.69, 9.17) is 14.2 Å². The molecule has 2 N–H and O–H groups in total. The SMILES string of the molecule is CC(=O)NCCCCC(NC(C)=O)C(=O)OCOC(=O)Oc1ccc2c(c1)[C@@]13CCCC[C@H]1[C@@H](C2)N(C)CC3. The van der Waals surface area contributed by atoms with Crippen LogP contribution in [0.25, 0.3) is 0 Å². The summed E-state index contributed by atoms with van der Waals surface area (Å²) < 4.78 is 15.6. The predicted octanol–water partition coefficient (Wildman–Crippen LogP) is 3.20. The molecule has 2 amide bonds. The summed E-state index contributed by atoms with van der Waals surface area (Å²) >= 11 is 0. The molecule has 10 heteroatoms. The van der Waals surface area contributed by atoms with Crippen LogP contribution in [-0.4, -0.2) is 67.9 Å². The highest BCUT2D eigenvalue weighted by molar-refractivity contribution is 5.83. The van der Waals surface area contributed by atoms with Crippen molar-refractivity contribution in [2.45, 2.75) is 89.1 Å². The zero-order chi connectivity index (χ0) is 28.0. The smallest absolute Gasteiger partial charge is 0.426 e. The number of hydrogen-bond donors (Lipinski definition) is 2. The first-order chi connectivity index (χ1) is 18.7. The van der Waals surface area contributed by atoms with Crippen LogP contribution in [0.1, 0.15) is 76.3 Å².